The average molecular weight is 358 g/mol. The first kappa shape index (κ1) is 17.2. The monoisotopic (exact) mass is 358 g/mol. The molecule has 1 fully saturated rings. The number of sulfonamides is 1. The molecule has 0 aromatic heterocycles. The van der Waals surface area contributed by atoms with Gasteiger partial charge in [-0.05, 0) is 30.7 Å². The fraction of sp³-hybridized carbons (Fsp3) is 0.222. The highest BCUT2D eigenvalue weighted by Gasteiger charge is 2.36. The lowest BCUT2D eigenvalue weighted by Gasteiger charge is -2.17. The van der Waals surface area contributed by atoms with Gasteiger partial charge in [-0.1, -0.05) is 36.4 Å². The molecule has 2 amide bonds. The predicted octanol–water partition coefficient (Wildman–Crippen LogP) is 2.24. The Balaban J connectivity index is 1.82. The SMILES string of the molecule is C[C@H](NC(=O)c1cccc(N2C(=O)CCS2(=O)=O)c1)c1ccccc1. The van der Waals surface area contributed by atoms with Crippen LogP contribution in [-0.4, -0.2) is 26.0 Å². The van der Waals surface area contributed by atoms with E-state index in [0.717, 1.165) is 9.87 Å². The number of anilines is 1. The van der Waals surface area contributed by atoms with E-state index in [0.29, 0.717) is 5.56 Å². The van der Waals surface area contributed by atoms with Crippen LogP contribution < -0.4 is 9.62 Å². The van der Waals surface area contributed by atoms with Gasteiger partial charge in [0.25, 0.3) is 5.91 Å². The van der Waals surface area contributed by atoms with E-state index in [9.17, 15) is 18.0 Å². The summed E-state index contributed by atoms with van der Waals surface area (Å²) in [7, 11) is -3.65. The van der Waals surface area contributed by atoms with Gasteiger partial charge in [0.2, 0.25) is 15.9 Å². The topological polar surface area (TPSA) is 83.6 Å². The number of benzene rings is 2. The van der Waals surface area contributed by atoms with Crippen molar-refractivity contribution in [3.8, 4) is 0 Å². The lowest BCUT2D eigenvalue weighted by Crippen LogP contribution is -2.30. The summed E-state index contributed by atoms with van der Waals surface area (Å²) in [5.41, 5.74) is 1.46. The Labute approximate surface area is 146 Å². The second kappa shape index (κ2) is 6.68. The molecule has 3 rings (SSSR count). The minimum atomic E-state index is -3.65. The standard InChI is InChI=1S/C18H18N2O4S/c1-13(14-6-3-2-4-7-14)19-18(22)15-8-5-9-16(12-15)20-17(21)10-11-25(20,23)24/h2-9,12-13H,10-11H2,1H3,(H,19,22)/t13-/m0/s1. The number of hydrogen-bond acceptors (Lipinski definition) is 4. The molecule has 0 unspecified atom stereocenters. The number of nitrogens with zero attached hydrogens (tertiary/aromatic N) is 1. The summed E-state index contributed by atoms with van der Waals surface area (Å²) in [6.45, 7) is 1.87. The minimum Gasteiger partial charge on any atom is -0.346 e. The smallest absolute Gasteiger partial charge is 0.251 e. The number of rotatable bonds is 4. The molecule has 0 radical (unpaired) electrons. The van der Waals surface area contributed by atoms with E-state index >= 15 is 0 Å². The highest BCUT2D eigenvalue weighted by Crippen LogP contribution is 2.26. The lowest BCUT2D eigenvalue weighted by atomic mass is 10.1. The summed E-state index contributed by atoms with van der Waals surface area (Å²) in [6, 6.07) is 15.4. The van der Waals surface area contributed by atoms with Crippen molar-refractivity contribution in [2.75, 3.05) is 10.1 Å². The van der Waals surface area contributed by atoms with E-state index in [1.165, 1.54) is 12.1 Å². The fourth-order valence-electron chi connectivity index (χ4n) is 2.75. The van der Waals surface area contributed by atoms with Crippen molar-refractivity contribution < 1.29 is 18.0 Å². The molecule has 2 aromatic carbocycles. The molecule has 25 heavy (non-hydrogen) atoms. The van der Waals surface area contributed by atoms with Crippen LogP contribution in [0.2, 0.25) is 0 Å². The van der Waals surface area contributed by atoms with Crippen molar-refractivity contribution in [1.29, 1.82) is 0 Å². The Bertz CT molecular complexity index is 910. The van der Waals surface area contributed by atoms with Gasteiger partial charge in [-0.25, -0.2) is 12.7 Å². The maximum absolute atomic E-state index is 12.5. The highest BCUT2D eigenvalue weighted by molar-refractivity contribution is 7.94. The number of nitrogens with one attached hydrogen (secondary N) is 1. The van der Waals surface area contributed by atoms with Gasteiger partial charge in [0.15, 0.2) is 0 Å². The Morgan fingerprint density at radius 2 is 1.84 bits per heavy atom. The number of carbonyl (C=O) groups excluding carboxylic acids is 2. The van der Waals surface area contributed by atoms with Gasteiger partial charge in [0.05, 0.1) is 17.5 Å². The van der Waals surface area contributed by atoms with Crippen molar-refractivity contribution in [2.45, 2.75) is 19.4 Å². The molecule has 2 aromatic rings. The van der Waals surface area contributed by atoms with Crippen LogP contribution in [0.1, 0.15) is 35.3 Å². The molecule has 0 aliphatic carbocycles. The lowest BCUT2D eigenvalue weighted by molar-refractivity contribution is -0.116. The third-order valence-corrected chi connectivity index (χ3v) is 5.76. The molecule has 0 spiro atoms. The normalized spacial score (nSPS) is 17.3. The first-order valence-electron chi connectivity index (χ1n) is 7.90. The van der Waals surface area contributed by atoms with E-state index in [-0.39, 0.29) is 29.8 Å². The summed E-state index contributed by atoms with van der Waals surface area (Å²) < 4.78 is 24.8. The molecule has 1 saturated heterocycles. The molecule has 1 atom stereocenters. The second-order valence-electron chi connectivity index (χ2n) is 5.88. The number of carbonyl (C=O) groups is 2. The van der Waals surface area contributed by atoms with E-state index in [1.54, 1.807) is 12.1 Å². The number of amides is 2. The zero-order valence-corrected chi connectivity index (χ0v) is 14.5. The third-order valence-electron chi connectivity index (χ3n) is 4.07. The van der Waals surface area contributed by atoms with Crippen LogP contribution >= 0.6 is 0 Å². The van der Waals surface area contributed by atoms with E-state index < -0.39 is 15.9 Å². The Kier molecular flexibility index (Phi) is 4.59. The number of hydrogen-bond donors (Lipinski definition) is 1. The van der Waals surface area contributed by atoms with Crippen LogP contribution in [0.25, 0.3) is 0 Å². The Morgan fingerprint density at radius 3 is 2.48 bits per heavy atom. The molecule has 130 valence electrons. The van der Waals surface area contributed by atoms with Crippen LogP contribution in [0.4, 0.5) is 5.69 Å². The molecule has 7 heteroatoms. The maximum Gasteiger partial charge on any atom is 0.251 e. The van der Waals surface area contributed by atoms with Gasteiger partial charge in [-0.2, -0.15) is 0 Å². The van der Waals surface area contributed by atoms with Gasteiger partial charge in [-0.15, -0.1) is 0 Å². The molecule has 1 aliphatic heterocycles. The molecule has 0 bridgehead atoms. The van der Waals surface area contributed by atoms with Gasteiger partial charge >= 0.3 is 0 Å². The highest BCUT2D eigenvalue weighted by atomic mass is 32.2. The molecule has 1 aliphatic rings. The molecule has 1 heterocycles. The zero-order valence-electron chi connectivity index (χ0n) is 13.7. The Morgan fingerprint density at radius 1 is 1.12 bits per heavy atom. The molecular formula is C18H18N2O4S. The van der Waals surface area contributed by atoms with Crippen LogP contribution in [-0.2, 0) is 14.8 Å². The van der Waals surface area contributed by atoms with E-state index in [4.69, 9.17) is 0 Å². The molecular weight excluding hydrogens is 340 g/mol. The summed E-state index contributed by atoms with van der Waals surface area (Å²) in [4.78, 5) is 24.4. The quantitative estimate of drug-likeness (QED) is 0.908. The van der Waals surface area contributed by atoms with Gasteiger partial charge in [0, 0.05) is 12.0 Å². The summed E-state index contributed by atoms with van der Waals surface area (Å²) in [5, 5.41) is 2.87. The molecule has 0 saturated carbocycles. The maximum atomic E-state index is 12.5. The van der Waals surface area contributed by atoms with Crippen LogP contribution in [0.3, 0.4) is 0 Å². The van der Waals surface area contributed by atoms with Crippen LogP contribution in [0.15, 0.2) is 54.6 Å². The second-order valence-corrected chi connectivity index (χ2v) is 7.82. The largest absolute Gasteiger partial charge is 0.346 e. The Hall–Kier alpha value is -2.67. The van der Waals surface area contributed by atoms with Gasteiger partial charge in [0.1, 0.15) is 0 Å². The first-order chi connectivity index (χ1) is 11.9. The third kappa shape index (κ3) is 3.56. The van der Waals surface area contributed by atoms with Crippen molar-refractivity contribution in [3.05, 3.63) is 65.7 Å². The van der Waals surface area contributed by atoms with E-state index in [2.05, 4.69) is 5.32 Å². The average Bonchev–Trinajstić information content (AvgIpc) is 2.88. The van der Waals surface area contributed by atoms with Crippen LogP contribution in [0.5, 0.6) is 0 Å². The van der Waals surface area contributed by atoms with Crippen molar-refractivity contribution >= 4 is 27.5 Å². The zero-order chi connectivity index (χ0) is 18.0. The summed E-state index contributed by atoms with van der Waals surface area (Å²) >= 11 is 0. The first-order valence-corrected chi connectivity index (χ1v) is 9.51. The van der Waals surface area contributed by atoms with E-state index in [1.807, 2.05) is 37.3 Å². The predicted molar refractivity (Wildman–Crippen MR) is 94.7 cm³/mol. The van der Waals surface area contributed by atoms with Crippen molar-refractivity contribution in [2.24, 2.45) is 0 Å². The van der Waals surface area contributed by atoms with Crippen LogP contribution in [0, 0.1) is 0 Å². The minimum absolute atomic E-state index is 0.0379. The summed E-state index contributed by atoms with van der Waals surface area (Å²) in [5.74, 6) is -1.01. The summed E-state index contributed by atoms with van der Waals surface area (Å²) in [6.07, 6.45) is -0.0379. The molecule has 1 N–H and O–H groups in total. The van der Waals surface area contributed by atoms with Crippen molar-refractivity contribution in [1.82, 2.24) is 5.32 Å². The molecule has 6 nitrogen and oxygen atoms in total. The van der Waals surface area contributed by atoms with Crippen molar-refractivity contribution in [3.63, 3.8) is 0 Å². The van der Waals surface area contributed by atoms with Gasteiger partial charge < -0.3 is 5.32 Å². The van der Waals surface area contributed by atoms with Gasteiger partial charge in [-0.3, -0.25) is 9.59 Å². The fourth-order valence-corrected chi connectivity index (χ4v) is 4.20.